The maximum Gasteiger partial charge on any atom is 0.312 e. The summed E-state index contributed by atoms with van der Waals surface area (Å²) < 4.78 is 11.0. The van der Waals surface area contributed by atoms with Gasteiger partial charge in [-0.2, -0.15) is 0 Å². The van der Waals surface area contributed by atoms with Gasteiger partial charge >= 0.3 is 5.97 Å². The third kappa shape index (κ3) is 3.65. The van der Waals surface area contributed by atoms with Gasteiger partial charge in [0, 0.05) is 15.4 Å². The van der Waals surface area contributed by atoms with Crippen LogP contribution in [0.2, 0.25) is 0 Å². The van der Waals surface area contributed by atoms with E-state index in [1.165, 1.54) is 0 Å². The molecule has 1 heterocycles. The Morgan fingerprint density at radius 3 is 2.61 bits per heavy atom. The van der Waals surface area contributed by atoms with E-state index in [1.807, 2.05) is 18.2 Å². The summed E-state index contributed by atoms with van der Waals surface area (Å²) in [6.45, 7) is -0.295. The summed E-state index contributed by atoms with van der Waals surface area (Å²) in [6, 6.07) is 14.1. The van der Waals surface area contributed by atoms with Gasteiger partial charge in [-0.1, -0.05) is 45.4 Å². The van der Waals surface area contributed by atoms with Crippen molar-refractivity contribution < 1.29 is 18.8 Å². The Kier molecular flexibility index (Phi) is 4.52. The predicted molar refractivity (Wildman–Crippen MR) is 87.1 cm³/mol. The van der Waals surface area contributed by atoms with Crippen molar-refractivity contribution in [2.45, 2.75) is 6.42 Å². The van der Waals surface area contributed by atoms with Crippen LogP contribution in [0, 0.1) is 0 Å². The molecule has 3 rings (SSSR count). The van der Waals surface area contributed by atoms with Crippen molar-refractivity contribution in [1.82, 2.24) is 5.16 Å². The van der Waals surface area contributed by atoms with Crippen LogP contribution in [0.25, 0.3) is 11.0 Å². The van der Waals surface area contributed by atoms with Crippen molar-refractivity contribution in [3.63, 3.8) is 0 Å². The zero-order valence-corrected chi connectivity index (χ0v) is 13.6. The van der Waals surface area contributed by atoms with E-state index in [-0.39, 0.29) is 18.8 Å². The third-order valence-electron chi connectivity index (χ3n) is 3.29. The lowest BCUT2D eigenvalue weighted by atomic mass is 10.1. The number of halogens is 1. The highest BCUT2D eigenvalue weighted by Gasteiger charge is 2.15. The lowest BCUT2D eigenvalue weighted by Gasteiger charge is -2.03. The molecular weight excluding hydrogens is 362 g/mol. The van der Waals surface area contributed by atoms with E-state index in [9.17, 15) is 9.59 Å². The Labute approximate surface area is 140 Å². The molecule has 0 unspecified atom stereocenters. The maximum absolute atomic E-state index is 11.9. The summed E-state index contributed by atoms with van der Waals surface area (Å²) >= 11 is 3.30. The molecule has 0 aliphatic carbocycles. The summed E-state index contributed by atoms with van der Waals surface area (Å²) in [4.78, 5) is 23.8. The van der Waals surface area contributed by atoms with Gasteiger partial charge in [0.2, 0.25) is 0 Å². The predicted octanol–water partition coefficient (Wildman–Crippen LogP) is 3.56. The standard InChI is InChI=1S/C17H12BrNO4/c18-12-7-5-11(6-8-12)15(20)10-22-17(21)9-14-13-3-1-2-4-16(13)23-19-14/h1-8H,9-10H2. The summed E-state index contributed by atoms with van der Waals surface area (Å²) in [7, 11) is 0. The summed E-state index contributed by atoms with van der Waals surface area (Å²) in [6.07, 6.45) is -0.0371. The van der Waals surface area contributed by atoms with Gasteiger partial charge in [0.1, 0.15) is 5.69 Å². The number of hydrogen-bond acceptors (Lipinski definition) is 5. The minimum atomic E-state index is -0.519. The van der Waals surface area contributed by atoms with Crippen LogP contribution in [0.4, 0.5) is 0 Å². The second-order valence-electron chi connectivity index (χ2n) is 4.89. The number of carbonyl (C=O) groups is 2. The van der Waals surface area contributed by atoms with Crippen LogP contribution in [-0.2, 0) is 16.0 Å². The molecule has 1 aromatic heterocycles. The Morgan fingerprint density at radius 1 is 1.09 bits per heavy atom. The normalized spacial score (nSPS) is 10.7. The summed E-state index contributed by atoms with van der Waals surface area (Å²) in [5.41, 5.74) is 1.61. The number of esters is 1. The number of hydrogen-bond donors (Lipinski definition) is 0. The molecule has 3 aromatic rings. The highest BCUT2D eigenvalue weighted by atomic mass is 79.9. The lowest BCUT2D eigenvalue weighted by Crippen LogP contribution is -2.15. The number of ether oxygens (including phenoxy) is 1. The Morgan fingerprint density at radius 2 is 1.83 bits per heavy atom. The molecule has 6 heteroatoms. The van der Waals surface area contributed by atoms with E-state index in [4.69, 9.17) is 9.26 Å². The van der Waals surface area contributed by atoms with Crippen LogP contribution >= 0.6 is 15.9 Å². The van der Waals surface area contributed by atoms with Crippen molar-refractivity contribution in [3.8, 4) is 0 Å². The average Bonchev–Trinajstić information content (AvgIpc) is 2.96. The highest BCUT2D eigenvalue weighted by molar-refractivity contribution is 9.10. The number of benzene rings is 2. The van der Waals surface area contributed by atoms with Crippen LogP contribution in [0.5, 0.6) is 0 Å². The van der Waals surface area contributed by atoms with Crippen LogP contribution in [0.15, 0.2) is 57.5 Å². The monoisotopic (exact) mass is 373 g/mol. The van der Waals surface area contributed by atoms with E-state index >= 15 is 0 Å². The van der Waals surface area contributed by atoms with Crippen molar-refractivity contribution in [3.05, 3.63) is 64.3 Å². The second-order valence-corrected chi connectivity index (χ2v) is 5.81. The molecule has 0 spiro atoms. The molecule has 0 saturated heterocycles. The number of rotatable bonds is 5. The van der Waals surface area contributed by atoms with Crippen LogP contribution < -0.4 is 0 Å². The first-order valence-electron chi connectivity index (χ1n) is 6.91. The Balaban J connectivity index is 1.59. The van der Waals surface area contributed by atoms with Gasteiger partial charge in [-0.05, 0) is 24.3 Å². The summed E-state index contributed by atoms with van der Waals surface area (Å²) in [5, 5.41) is 4.63. The van der Waals surface area contributed by atoms with Crippen LogP contribution in [0.1, 0.15) is 16.1 Å². The molecule has 0 radical (unpaired) electrons. The molecule has 2 aromatic carbocycles. The number of carbonyl (C=O) groups excluding carboxylic acids is 2. The minimum Gasteiger partial charge on any atom is -0.457 e. The molecular formula is C17H12BrNO4. The van der Waals surface area contributed by atoms with E-state index in [1.54, 1.807) is 30.3 Å². The van der Waals surface area contributed by atoms with Gasteiger partial charge in [0.15, 0.2) is 18.0 Å². The first-order chi connectivity index (χ1) is 11.1. The minimum absolute atomic E-state index is 0.0371. The van der Waals surface area contributed by atoms with Crippen LogP contribution in [-0.4, -0.2) is 23.5 Å². The topological polar surface area (TPSA) is 69.4 Å². The molecule has 0 amide bonds. The number of Topliss-reactive ketones (excluding diaryl/α,β-unsaturated/α-hetero) is 1. The van der Waals surface area contributed by atoms with E-state index in [0.717, 1.165) is 9.86 Å². The van der Waals surface area contributed by atoms with Gasteiger partial charge in [-0.15, -0.1) is 0 Å². The molecule has 0 N–H and O–H groups in total. The number of ketones is 1. The molecule has 0 aliphatic rings. The van der Waals surface area contributed by atoms with Crippen molar-refractivity contribution in [2.24, 2.45) is 0 Å². The molecule has 0 bridgehead atoms. The molecule has 23 heavy (non-hydrogen) atoms. The lowest BCUT2D eigenvalue weighted by molar-refractivity contribution is -0.141. The van der Waals surface area contributed by atoms with Gasteiger partial charge in [0.25, 0.3) is 0 Å². The largest absolute Gasteiger partial charge is 0.457 e. The van der Waals surface area contributed by atoms with Gasteiger partial charge in [-0.25, -0.2) is 0 Å². The first kappa shape index (κ1) is 15.4. The van der Waals surface area contributed by atoms with E-state index in [2.05, 4.69) is 21.1 Å². The van der Waals surface area contributed by atoms with Crippen molar-refractivity contribution in [2.75, 3.05) is 6.61 Å². The molecule has 116 valence electrons. The zero-order chi connectivity index (χ0) is 16.2. The Hall–Kier alpha value is -2.47. The van der Waals surface area contributed by atoms with Crippen molar-refractivity contribution in [1.29, 1.82) is 0 Å². The number of para-hydroxylation sites is 1. The molecule has 5 nitrogen and oxygen atoms in total. The highest BCUT2D eigenvalue weighted by Crippen LogP contribution is 2.18. The average molecular weight is 374 g/mol. The molecule has 0 atom stereocenters. The Bertz CT molecular complexity index is 854. The zero-order valence-electron chi connectivity index (χ0n) is 12.0. The summed E-state index contributed by atoms with van der Waals surface area (Å²) in [5.74, 6) is -0.773. The van der Waals surface area contributed by atoms with Crippen LogP contribution in [0.3, 0.4) is 0 Å². The number of nitrogens with zero attached hydrogens (tertiary/aromatic N) is 1. The SMILES string of the molecule is O=C(Cc1noc2ccccc12)OCC(=O)c1ccc(Br)cc1. The maximum atomic E-state index is 11.9. The van der Waals surface area contributed by atoms with E-state index < -0.39 is 5.97 Å². The first-order valence-corrected chi connectivity index (χ1v) is 7.70. The molecule has 0 aliphatic heterocycles. The van der Waals surface area contributed by atoms with Gasteiger partial charge < -0.3 is 9.26 Å². The fourth-order valence-electron chi connectivity index (χ4n) is 2.12. The molecule has 0 saturated carbocycles. The third-order valence-corrected chi connectivity index (χ3v) is 3.82. The van der Waals surface area contributed by atoms with Gasteiger partial charge in [0.05, 0.1) is 6.42 Å². The van der Waals surface area contributed by atoms with Gasteiger partial charge in [-0.3, -0.25) is 9.59 Å². The second kappa shape index (κ2) is 6.75. The van der Waals surface area contributed by atoms with E-state index in [0.29, 0.717) is 16.8 Å². The smallest absolute Gasteiger partial charge is 0.312 e. The fraction of sp³-hybridized carbons (Fsp3) is 0.118. The number of fused-ring (bicyclic) bond motifs is 1. The quantitative estimate of drug-likeness (QED) is 0.505. The fourth-order valence-corrected chi connectivity index (χ4v) is 2.38. The molecule has 0 fully saturated rings. The van der Waals surface area contributed by atoms with Crippen molar-refractivity contribution >= 4 is 38.7 Å². The number of aromatic nitrogens is 1.